The Hall–Kier alpha value is -1.02. The fourth-order valence-corrected chi connectivity index (χ4v) is 2.18. The van der Waals surface area contributed by atoms with Crippen LogP contribution < -0.4 is 0 Å². The van der Waals surface area contributed by atoms with Crippen molar-refractivity contribution in [3.05, 3.63) is 11.8 Å². The molecule has 0 aliphatic carbocycles. The van der Waals surface area contributed by atoms with Crippen molar-refractivity contribution in [3.63, 3.8) is 0 Å². The quantitative estimate of drug-likeness (QED) is 0.656. The van der Waals surface area contributed by atoms with Crippen LogP contribution >= 0.6 is 0 Å². The summed E-state index contributed by atoms with van der Waals surface area (Å²) in [5.74, 6) is -2.79. The van der Waals surface area contributed by atoms with E-state index in [1.165, 1.54) is 6.92 Å². The Morgan fingerprint density at radius 1 is 1.00 bits per heavy atom. The second-order valence-electron chi connectivity index (χ2n) is 4.59. The second kappa shape index (κ2) is 5.16. The molecule has 112 valence electrons. The van der Waals surface area contributed by atoms with Gasteiger partial charge in [0.15, 0.2) is 5.70 Å². The largest absolute Gasteiger partial charge is 0.436 e. The predicted molar refractivity (Wildman–Crippen MR) is 50.2 cm³/mol. The van der Waals surface area contributed by atoms with E-state index in [4.69, 9.17) is 0 Å². The van der Waals surface area contributed by atoms with Crippen LogP contribution in [-0.2, 0) is 0 Å². The molecule has 19 heavy (non-hydrogen) atoms. The number of hydrogen-bond acceptors (Lipinski definition) is 1. The average molecular weight is 297 g/mol. The van der Waals surface area contributed by atoms with Crippen molar-refractivity contribution in [3.8, 4) is 0 Å². The van der Waals surface area contributed by atoms with Crippen molar-refractivity contribution in [1.82, 2.24) is 4.90 Å². The summed E-state index contributed by atoms with van der Waals surface area (Å²) >= 11 is 0. The molecule has 1 saturated heterocycles. The van der Waals surface area contributed by atoms with Gasteiger partial charge in [0, 0.05) is 13.1 Å². The molecule has 9 heteroatoms. The molecule has 0 bridgehead atoms. The van der Waals surface area contributed by atoms with E-state index in [1.807, 2.05) is 0 Å². The van der Waals surface area contributed by atoms with E-state index in [0.29, 0.717) is 0 Å². The van der Waals surface area contributed by atoms with Crippen LogP contribution in [0, 0.1) is 11.8 Å². The zero-order valence-electron chi connectivity index (χ0n) is 9.75. The molecule has 0 N–H and O–H groups in total. The van der Waals surface area contributed by atoms with Crippen LogP contribution in [0.2, 0.25) is 0 Å². The van der Waals surface area contributed by atoms with Crippen molar-refractivity contribution in [2.75, 3.05) is 13.1 Å². The first kappa shape index (κ1) is 16.0. The van der Waals surface area contributed by atoms with E-state index < -0.39 is 49.1 Å². The Morgan fingerprint density at radius 3 is 1.89 bits per heavy atom. The van der Waals surface area contributed by atoms with Crippen LogP contribution in [0.1, 0.15) is 13.3 Å². The Labute approximate surface area is 103 Å². The molecule has 1 heterocycles. The summed E-state index contributed by atoms with van der Waals surface area (Å²) in [7, 11) is 0. The highest BCUT2D eigenvalue weighted by molar-refractivity contribution is 5.10. The molecule has 0 saturated carbocycles. The maximum atomic E-state index is 12.5. The third-order valence-electron chi connectivity index (χ3n) is 2.89. The van der Waals surface area contributed by atoms with Gasteiger partial charge in [-0.05, 0) is 12.3 Å². The highest BCUT2D eigenvalue weighted by Crippen LogP contribution is 2.40. The maximum Gasteiger partial charge on any atom is 0.436 e. The van der Waals surface area contributed by atoms with Gasteiger partial charge < -0.3 is 4.90 Å². The number of allylic oxidation sites excluding steroid dienone is 1. The van der Waals surface area contributed by atoms with Gasteiger partial charge in [-0.25, -0.2) is 0 Å². The molecule has 1 aliphatic heterocycles. The molecular weight excluding hydrogens is 286 g/mol. The van der Waals surface area contributed by atoms with Gasteiger partial charge in [-0.1, -0.05) is 6.92 Å². The first-order valence-corrected chi connectivity index (χ1v) is 5.37. The third-order valence-corrected chi connectivity index (χ3v) is 2.89. The van der Waals surface area contributed by atoms with Gasteiger partial charge in [0.05, 0.1) is 5.92 Å². The van der Waals surface area contributed by atoms with Crippen LogP contribution in [0.5, 0.6) is 0 Å². The monoisotopic (exact) mass is 297 g/mol. The normalized spacial score (nSPS) is 25.4. The molecule has 0 amide bonds. The standard InChI is InChI=1S/C10H11F8N/c1-5-2-6(9(13,14)15)4-19(3-5)7(8(11)12)10(16,17)18/h5-6H,2-4H2,1H3. The minimum Gasteiger partial charge on any atom is -0.362 e. The summed E-state index contributed by atoms with van der Waals surface area (Å²) in [5, 5.41) is 0. The number of nitrogens with zero attached hydrogens (tertiary/aromatic N) is 1. The fraction of sp³-hybridized carbons (Fsp3) is 0.800. The lowest BCUT2D eigenvalue weighted by Crippen LogP contribution is -2.47. The Morgan fingerprint density at radius 2 is 1.53 bits per heavy atom. The van der Waals surface area contributed by atoms with Crippen molar-refractivity contribution >= 4 is 0 Å². The van der Waals surface area contributed by atoms with Gasteiger partial charge in [-0.15, -0.1) is 0 Å². The van der Waals surface area contributed by atoms with E-state index in [1.54, 1.807) is 0 Å². The molecule has 1 rings (SSSR count). The second-order valence-corrected chi connectivity index (χ2v) is 4.59. The topological polar surface area (TPSA) is 3.24 Å². The molecule has 2 unspecified atom stereocenters. The number of rotatable bonds is 1. The zero-order chi connectivity index (χ0) is 15.0. The Bertz CT molecular complexity index is 352. The lowest BCUT2D eigenvalue weighted by molar-refractivity contribution is -0.195. The molecule has 0 spiro atoms. The van der Waals surface area contributed by atoms with E-state index in [-0.39, 0.29) is 11.3 Å². The number of piperidine rings is 1. The van der Waals surface area contributed by atoms with E-state index in [2.05, 4.69) is 0 Å². The Kier molecular flexibility index (Phi) is 4.36. The minimum atomic E-state index is -5.37. The summed E-state index contributed by atoms with van der Waals surface area (Å²) < 4.78 is 99.7. The molecular formula is C10H11F8N. The van der Waals surface area contributed by atoms with Gasteiger partial charge in [-0.2, -0.15) is 35.1 Å². The van der Waals surface area contributed by atoms with Crippen molar-refractivity contribution in [1.29, 1.82) is 0 Å². The van der Waals surface area contributed by atoms with Crippen LogP contribution in [-0.4, -0.2) is 30.3 Å². The van der Waals surface area contributed by atoms with E-state index in [0.717, 1.165) is 0 Å². The van der Waals surface area contributed by atoms with Crippen LogP contribution in [0.15, 0.2) is 11.8 Å². The highest BCUT2D eigenvalue weighted by Gasteiger charge is 2.49. The predicted octanol–water partition coefficient (Wildman–Crippen LogP) is 4.18. The third kappa shape index (κ3) is 3.97. The van der Waals surface area contributed by atoms with Gasteiger partial charge in [0.1, 0.15) is 0 Å². The molecule has 1 aliphatic rings. The smallest absolute Gasteiger partial charge is 0.362 e. The lowest BCUT2D eigenvalue weighted by atomic mass is 9.89. The average Bonchev–Trinajstić information content (AvgIpc) is 2.11. The van der Waals surface area contributed by atoms with E-state index >= 15 is 0 Å². The molecule has 1 nitrogen and oxygen atoms in total. The number of likely N-dealkylation sites (tertiary alicyclic amines) is 1. The van der Waals surface area contributed by atoms with Crippen molar-refractivity contribution in [2.45, 2.75) is 25.7 Å². The summed E-state index contributed by atoms with van der Waals surface area (Å²) in [5.41, 5.74) is -2.27. The molecule has 2 atom stereocenters. The zero-order valence-corrected chi connectivity index (χ0v) is 9.75. The minimum absolute atomic E-state index is 0.0850. The summed E-state index contributed by atoms with van der Waals surface area (Å²) in [6, 6.07) is 0. The highest BCUT2D eigenvalue weighted by atomic mass is 19.4. The number of hydrogen-bond donors (Lipinski definition) is 0. The fourth-order valence-electron chi connectivity index (χ4n) is 2.18. The Balaban J connectivity index is 3.03. The SMILES string of the molecule is CC1CC(C(F)(F)F)CN(C(=C(F)F)C(F)(F)F)C1. The van der Waals surface area contributed by atoms with Crippen LogP contribution in [0.25, 0.3) is 0 Å². The van der Waals surface area contributed by atoms with E-state index in [9.17, 15) is 35.1 Å². The summed E-state index contributed by atoms with van der Waals surface area (Å²) in [6.07, 6.45) is -13.4. The van der Waals surface area contributed by atoms with Gasteiger partial charge in [-0.3, -0.25) is 0 Å². The van der Waals surface area contributed by atoms with Crippen molar-refractivity contribution < 1.29 is 35.1 Å². The summed E-state index contributed by atoms with van der Waals surface area (Å²) in [4.78, 5) is 0.0850. The molecule has 1 fully saturated rings. The molecule has 0 aromatic heterocycles. The van der Waals surface area contributed by atoms with Crippen LogP contribution in [0.4, 0.5) is 35.1 Å². The molecule has 0 radical (unpaired) electrons. The van der Waals surface area contributed by atoms with Gasteiger partial charge in [0.25, 0.3) is 6.08 Å². The number of halogens is 8. The maximum absolute atomic E-state index is 12.5. The lowest BCUT2D eigenvalue weighted by Gasteiger charge is -2.39. The summed E-state index contributed by atoms with van der Waals surface area (Å²) in [6.45, 7) is -0.270. The van der Waals surface area contributed by atoms with Gasteiger partial charge >= 0.3 is 12.4 Å². The van der Waals surface area contributed by atoms with Gasteiger partial charge in [0.2, 0.25) is 0 Å². The first-order chi connectivity index (χ1) is 8.43. The van der Waals surface area contributed by atoms with Crippen molar-refractivity contribution in [2.24, 2.45) is 11.8 Å². The van der Waals surface area contributed by atoms with Crippen LogP contribution in [0.3, 0.4) is 0 Å². The molecule has 0 aromatic rings. The molecule has 0 aromatic carbocycles. The first-order valence-electron chi connectivity index (χ1n) is 5.37. The number of alkyl halides is 6.